The lowest BCUT2D eigenvalue weighted by molar-refractivity contribution is 0.318. The zero-order chi connectivity index (χ0) is 10.1. The number of rotatable bonds is 1. The molecule has 14 heavy (non-hydrogen) atoms. The van der Waals surface area contributed by atoms with Gasteiger partial charge >= 0.3 is 0 Å². The number of fused-ring (bicyclic) bond motifs is 1. The van der Waals surface area contributed by atoms with Crippen molar-refractivity contribution in [2.45, 2.75) is 6.92 Å². The number of nitrogens with zero attached hydrogens (tertiary/aromatic N) is 3. The van der Waals surface area contributed by atoms with Gasteiger partial charge in [-0.2, -0.15) is 0 Å². The van der Waals surface area contributed by atoms with Gasteiger partial charge < -0.3 is 15.3 Å². The van der Waals surface area contributed by atoms with E-state index in [0.717, 1.165) is 11.2 Å². The fourth-order valence-electron chi connectivity index (χ4n) is 1.33. The maximum atomic E-state index is 8.50. The maximum absolute atomic E-state index is 8.50. The molecule has 0 saturated heterocycles. The van der Waals surface area contributed by atoms with Crippen molar-refractivity contribution < 1.29 is 5.21 Å². The monoisotopic (exact) mass is 190 g/mol. The lowest BCUT2D eigenvalue weighted by atomic mass is 10.3. The van der Waals surface area contributed by atoms with Crippen LogP contribution in [0.3, 0.4) is 0 Å². The molecule has 0 amide bonds. The van der Waals surface area contributed by atoms with E-state index in [-0.39, 0.29) is 5.84 Å². The minimum atomic E-state index is 0.0214. The highest BCUT2D eigenvalue weighted by Gasteiger charge is 2.06. The third kappa shape index (κ3) is 1.19. The standard InChI is InChI=1S/C9H10N4O/c1-6-3-2-4-13-5-7(8(10)12-14)11-9(6)13/h2-5,14H,1H3,(H2,10,12). The molecule has 0 saturated carbocycles. The third-order valence-electron chi connectivity index (χ3n) is 2.05. The third-order valence-corrected chi connectivity index (χ3v) is 2.05. The van der Waals surface area contributed by atoms with Gasteiger partial charge in [-0.05, 0) is 18.6 Å². The first kappa shape index (κ1) is 8.55. The Hall–Kier alpha value is -2.04. The van der Waals surface area contributed by atoms with Gasteiger partial charge in [0.1, 0.15) is 11.3 Å². The lowest BCUT2D eigenvalue weighted by Crippen LogP contribution is -2.13. The number of aromatic nitrogens is 2. The summed E-state index contributed by atoms with van der Waals surface area (Å²) in [6.07, 6.45) is 3.58. The van der Waals surface area contributed by atoms with Crippen LogP contribution in [0.25, 0.3) is 5.65 Å². The van der Waals surface area contributed by atoms with Gasteiger partial charge in [0, 0.05) is 12.4 Å². The second kappa shape index (κ2) is 3.02. The smallest absolute Gasteiger partial charge is 0.190 e. The van der Waals surface area contributed by atoms with Crippen LogP contribution in [0.1, 0.15) is 11.3 Å². The number of pyridine rings is 1. The first-order valence-corrected chi connectivity index (χ1v) is 4.14. The zero-order valence-electron chi connectivity index (χ0n) is 7.68. The molecule has 5 nitrogen and oxygen atoms in total. The summed E-state index contributed by atoms with van der Waals surface area (Å²) in [5, 5.41) is 11.4. The van der Waals surface area contributed by atoms with E-state index in [1.165, 1.54) is 0 Å². The minimum Gasteiger partial charge on any atom is -0.409 e. The predicted octanol–water partition coefficient (Wildman–Crippen LogP) is 0.737. The fourth-order valence-corrected chi connectivity index (χ4v) is 1.33. The van der Waals surface area contributed by atoms with Crippen LogP contribution in [0.4, 0.5) is 0 Å². The highest BCUT2D eigenvalue weighted by molar-refractivity contribution is 5.95. The Bertz CT molecular complexity index is 500. The van der Waals surface area contributed by atoms with Crippen molar-refractivity contribution in [3.05, 3.63) is 35.8 Å². The molecule has 2 aromatic heterocycles. The van der Waals surface area contributed by atoms with Crippen LogP contribution in [-0.4, -0.2) is 20.4 Å². The highest BCUT2D eigenvalue weighted by Crippen LogP contribution is 2.09. The van der Waals surface area contributed by atoms with E-state index in [2.05, 4.69) is 10.1 Å². The number of nitrogens with two attached hydrogens (primary N) is 1. The van der Waals surface area contributed by atoms with Gasteiger partial charge in [-0.1, -0.05) is 11.2 Å². The number of aryl methyl sites for hydroxylation is 1. The molecule has 0 radical (unpaired) electrons. The first-order valence-electron chi connectivity index (χ1n) is 4.14. The molecule has 0 bridgehead atoms. The Morgan fingerprint density at radius 3 is 3.07 bits per heavy atom. The lowest BCUT2D eigenvalue weighted by Gasteiger charge is -1.93. The molecule has 0 unspecified atom stereocenters. The largest absolute Gasteiger partial charge is 0.409 e. The summed E-state index contributed by atoms with van der Waals surface area (Å²) in [7, 11) is 0. The average molecular weight is 190 g/mol. The Labute approximate surface area is 80.5 Å². The summed E-state index contributed by atoms with van der Waals surface area (Å²) in [5.74, 6) is 0.0214. The molecule has 0 spiro atoms. The molecule has 2 aromatic rings. The van der Waals surface area contributed by atoms with E-state index < -0.39 is 0 Å². The van der Waals surface area contributed by atoms with Crippen LogP contribution in [0, 0.1) is 6.92 Å². The molecule has 0 aliphatic carbocycles. The van der Waals surface area contributed by atoms with Crippen molar-refractivity contribution in [2.24, 2.45) is 10.9 Å². The normalized spacial score (nSPS) is 12.2. The Morgan fingerprint density at radius 2 is 2.43 bits per heavy atom. The van der Waals surface area contributed by atoms with Gasteiger partial charge in [0.15, 0.2) is 5.84 Å². The maximum Gasteiger partial charge on any atom is 0.190 e. The first-order chi connectivity index (χ1) is 6.72. The molecule has 0 fully saturated rings. The number of amidine groups is 1. The molecule has 0 aliphatic rings. The average Bonchev–Trinajstić information content (AvgIpc) is 2.62. The van der Waals surface area contributed by atoms with Gasteiger partial charge in [0.2, 0.25) is 0 Å². The second-order valence-corrected chi connectivity index (χ2v) is 3.03. The van der Waals surface area contributed by atoms with E-state index in [0.29, 0.717) is 5.69 Å². The molecule has 0 aliphatic heterocycles. The van der Waals surface area contributed by atoms with Crippen molar-refractivity contribution >= 4 is 11.5 Å². The molecule has 2 heterocycles. The van der Waals surface area contributed by atoms with Crippen molar-refractivity contribution in [3.8, 4) is 0 Å². The molecule has 0 aromatic carbocycles. The van der Waals surface area contributed by atoms with Crippen LogP contribution in [0.15, 0.2) is 29.7 Å². The van der Waals surface area contributed by atoms with Gasteiger partial charge in [-0.3, -0.25) is 0 Å². The van der Waals surface area contributed by atoms with Crippen LogP contribution in [0.5, 0.6) is 0 Å². The van der Waals surface area contributed by atoms with E-state index in [1.807, 2.05) is 29.7 Å². The summed E-state index contributed by atoms with van der Waals surface area (Å²) in [5.41, 5.74) is 7.77. The van der Waals surface area contributed by atoms with E-state index in [1.54, 1.807) is 6.20 Å². The minimum absolute atomic E-state index is 0.0214. The van der Waals surface area contributed by atoms with Crippen molar-refractivity contribution in [2.75, 3.05) is 0 Å². The molecule has 72 valence electrons. The quantitative estimate of drug-likeness (QED) is 0.301. The second-order valence-electron chi connectivity index (χ2n) is 3.03. The fraction of sp³-hybridized carbons (Fsp3) is 0.111. The SMILES string of the molecule is Cc1cccn2cc(/C(N)=N\O)nc12. The van der Waals surface area contributed by atoms with Gasteiger partial charge in [-0.15, -0.1) is 0 Å². The molecule has 0 atom stereocenters. The van der Waals surface area contributed by atoms with Crippen LogP contribution in [0.2, 0.25) is 0 Å². The Balaban J connectivity index is 2.68. The number of hydrogen-bond acceptors (Lipinski definition) is 3. The van der Waals surface area contributed by atoms with Gasteiger partial charge in [-0.25, -0.2) is 4.98 Å². The van der Waals surface area contributed by atoms with Crippen LogP contribution < -0.4 is 5.73 Å². The molecular formula is C9H10N4O. The molecular weight excluding hydrogens is 180 g/mol. The summed E-state index contributed by atoms with van der Waals surface area (Å²) in [6, 6.07) is 3.87. The topological polar surface area (TPSA) is 75.9 Å². The Kier molecular flexibility index (Phi) is 1.85. The summed E-state index contributed by atoms with van der Waals surface area (Å²) >= 11 is 0. The van der Waals surface area contributed by atoms with E-state index >= 15 is 0 Å². The number of oxime groups is 1. The van der Waals surface area contributed by atoms with E-state index in [9.17, 15) is 0 Å². The van der Waals surface area contributed by atoms with Crippen molar-refractivity contribution in [1.29, 1.82) is 0 Å². The molecule has 3 N–H and O–H groups in total. The van der Waals surface area contributed by atoms with Gasteiger partial charge in [0.05, 0.1) is 0 Å². The van der Waals surface area contributed by atoms with Crippen LogP contribution in [-0.2, 0) is 0 Å². The van der Waals surface area contributed by atoms with Crippen molar-refractivity contribution in [3.63, 3.8) is 0 Å². The summed E-state index contributed by atoms with van der Waals surface area (Å²) in [4.78, 5) is 4.23. The molecule has 5 heteroatoms. The number of hydrogen-bond donors (Lipinski definition) is 2. The van der Waals surface area contributed by atoms with Crippen molar-refractivity contribution in [1.82, 2.24) is 9.38 Å². The summed E-state index contributed by atoms with van der Waals surface area (Å²) < 4.78 is 1.84. The van der Waals surface area contributed by atoms with E-state index in [4.69, 9.17) is 10.9 Å². The summed E-state index contributed by atoms with van der Waals surface area (Å²) in [6.45, 7) is 1.96. The van der Waals surface area contributed by atoms with Crippen LogP contribution >= 0.6 is 0 Å². The van der Waals surface area contributed by atoms with Gasteiger partial charge in [0.25, 0.3) is 0 Å². The predicted molar refractivity (Wildman–Crippen MR) is 52.4 cm³/mol. The zero-order valence-corrected chi connectivity index (χ0v) is 7.68. The Morgan fingerprint density at radius 1 is 1.64 bits per heavy atom. The number of imidazole rings is 1. The molecule has 2 rings (SSSR count). The highest BCUT2D eigenvalue weighted by atomic mass is 16.4.